The molecule has 0 aliphatic heterocycles. The Balaban J connectivity index is 1.64. The van der Waals surface area contributed by atoms with E-state index in [-0.39, 0.29) is 24.4 Å². The van der Waals surface area contributed by atoms with Gasteiger partial charge in [-0.3, -0.25) is 9.59 Å². The molecule has 6 heteroatoms. The van der Waals surface area contributed by atoms with Crippen LogP contribution in [0.5, 0.6) is 0 Å². The van der Waals surface area contributed by atoms with Gasteiger partial charge in [0.2, 0.25) is 5.91 Å². The SMILES string of the molecule is CC1CCC(N(C)C(=O)CCn2nnc3ccccc3c2=O)CC1. The Hall–Kier alpha value is -2.24. The minimum Gasteiger partial charge on any atom is -0.343 e. The quantitative estimate of drug-likeness (QED) is 0.863. The molecule has 0 saturated heterocycles. The molecule has 1 aromatic carbocycles. The van der Waals surface area contributed by atoms with Crippen molar-refractivity contribution in [2.24, 2.45) is 5.92 Å². The summed E-state index contributed by atoms with van der Waals surface area (Å²) >= 11 is 0. The van der Waals surface area contributed by atoms with E-state index in [0.29, 0.717) is 16.9 Å². The molecule has 128 valence electrons. The molecule has 1 heterocycles. The second-order valence-electron chi connectivity index (χ2n) is 6.80. The maximum absolute atomic E-state index is 12.4. The first-order valence-electron chi connectivity index (χ1n) is 8.64. The van der Waals surface area contributed by atoms with Crippen molar-refractivity contribution in [2.75, 3.05) is 7.05 Å². The average Bonchev–Trinajstić information content (AvgIpc) is 2.61. The number of fused-ring (bicyclic) bond motifs is 1. The van der Waals surface area contributed by atoms with Crippen molar-refractivity contribution in [2.45, 2.75) is 51.6 Å². The standard InChI is InChI=1S/C18H24N4O2/c1-13-7-9-14(10-8-13)21(2)17(23)11-12-22-18(24)15-5-3-4-6-16(15)19-20-22/h3-6,13-14H,7-12H2,1-2H3. The molecule has 24 heavy (non-hydrogen) atoms. The topological polar surface area (TPSA) is 68.1 Å². The smallest absolute Gasteiger partial charge is 0.277 e. The highest BCUT2D eigenvalue weighted by Gasteiger charge is 2.24. The summed E-state index contributed by atoms with van der Waals surface area (Å²) in [5.41, 5.74) is 0.390. The normalized spacial score (nSPS) is 20.9. The van der Waals surface area contributed by atoms with Crippen molar-refractivity contribution in [1.29, 1.82) is 0 Å². The first-order chi connectivity index (χ1) is 11.6. The fourth-order valence-corrected chi connectivity index (χ4v) is 3.38. The van der Waals surface area contributed by atoms with E-state index in [1.54, 1.807) is 18.2 Å². The Labute approximate surface area is 141 Å². The third-order valence-corrected chi connectivity index (χ3v) is 5.09. The van der Waals surface area contributed by atoms with Crippen LogP contribution in [0.15, 0.2) is 29.1 Å². The van der Waals surface area contributed by atoms with Crippen LogP contribution in [-0.4, -0.2) is 38.9 Å². The van der Waals surface area contributed by atoms with Gasteiger partial charge in [0.05, 0.1) is 11.9 Å². The van der Waals surface area contributed by atoms with E-state index in [1.165, 1.54) is 17.5 Å². The third-order valence-electron chi connectivity index (χ3n) is 5.09. The minimum absolute atomic E-state index is 0.0661. The van der Waals surface area contributed by atoms with Crippen LogP contribution < -0.4 is 5.56 Å². The van der Waals surface area contributed by atoms with Gasteiger partial charge in [0.15, 0.2) is 0 Å². The van der Waals surface area contributed by atoms with Crippen LogP contribution in [0.25, 0.3) is 10.9 Å². The van der Waals surface area contributed by atoms with Gasteiger partial charge in [-0.15, -0.1) is 5.10 Å². The predicted molar refractivity (Wildman–Crippen MR) is 92.6 cm³/mol. The molecular formula is C18H24N4O2. The number of amides is 1. The van der Waals surface area contributed by atoms with Crippen LogP contribution in [0.1, 0.15) is 39.0 Å². The summed E-state index contributed by atoms with van der Waals surface area (Å²) in [6.07, 6.45) is 4.77. The molecule has 0 spiro atoms. The van der Waals surface area contributed by atoms with Crippen molar-refractivity contribution in [3.63, 3.8) is 0 Å². The summed E-state index contributed by atoms with van der Waals surface area (Å²) < 4.78 is 1.29. The Kier molecular flexibility index (Phi) is 4.92. The molecule has 0 bridgehead atoms. The molecule has 1 saturated carbocycles. The summed E-state index contributed by atoms with van der Waals surface area (Å²) in [6, 6.07) is 7.45. The lowest BCUT2D eigenvalue weighted by atomic mass is 9.86. The Morgan fingerprint density at radius 1 is 1.25 bits per heavy atom. The first kappa shape index (κ1) is 16.6. The second-order valence-corrected chi connectivity index (χ2v) is 6.80. The number of carbonyl (C=O) groups excluding carboxylic acids is 1. The minimum atomic E-state index is -0.192. The maximum Gasteiger partial charge on any atom is 0.277 e. The summed E-state index contributed by atoms with van der Waals surface area (Å²) in [5.74, 6) is 0.826. The van der Waals surface area contributed by atoms with E-state index in [0.717, 1.165) is 18.8 Å². The molecule has 1 amide bonds. The first-order valence-corrected chi connectivity index (χ1v) is 8.64. The summed E-state index contributed by atoms with van der Waals surface area (Å²) in [5, 5.41) is 8.53. The highest BCUT2D eigenvalue weighted by atomic mass is 16.2. The van der Waals surface area contributed by atoms with Gasteiger partial charge in [-0.2, -0.15) is 0 Å². The van der Waals surface area contributed by atoms with Gasteiger partial charge < -0.3 is 4.90 Å². The molecule has 0 N–H and O–H groups in total. The van der Waals surface area contributed by atoms with E-state index in [2.05, 4.69) is 17.2 Å². The molecule has 3 rings (SSSR count). The van der Waals surface area contributed by atoms with Crippen molar-refractivity contribution in [3.05, 3.63) is 34.6 Å². The molecule has 6 nitrogen and oxygen atoms in total. The van der Waals surface area contributed by atoms with Gasteiger partial charge in [0, 0.05) is 19.5 Å². The summed E-state index contributed by atoms with van der Waals surface area (Å²) in [7, 11) is 1.87. The van der Waals surface area contributed by atoms with Gasteiger partial charge >= 0.3 is 0 Å². The van der Waals surface area contributed by atoms with Gasteiger partial charge in [0.1, 0.15) is 5.52 Å². The molecule has 0 radical (unpaired) electrons. The number of aromatic nitrogens is 3. The number of benzene rings is 1. The second kappa shape index (κ2) is 7.11. The number of nitrogens with zero attached hydrogens (tertiary/aromatic N) is 4. The van der Waals surface area contributed by atoms with Gasteiger partial charge in [0.25, 0.3) is 5.56 Å². The monoisotopic (exact) mass is 328 g/mol. The van der Waals surface area contributed by atoms with Crippen molar-refractivity contribution >= 4 is 16.8 Å². The molecule has 0 atom stereocenters. The highest BCUT2D eigenvalue weighted by Crippen LogP contribution is 2.26. The predicted octanol–water partition coefficient (Wildman–Crippen LogP) is 2.22. The molecule has 1 aliphatic rings. The van der Waals surface area contributed by atoms with Gasteiger partial charge in [-0.25, -0.2) is 4.68 Å². The number of aryl methyl sites for hydroxylation is 1. The zero-order valence-corrected chi connectivity index (χ0v) is 14.3. The summed E-state index contributed by atoms with van der Waals surface area (Å²) in [6.45, 7) is 2.53. The number of hydrogen-bond donors (Lipinski definition) is 0. The van der Waals surface area contributed by atoms with Crippen LogP contribution in [0.2, 0.25) is 0 Å². The molecule has 1 aliphatic carbocycles. The number of rotatable bonds is 4. The highest BCUT2D eigenvalue weighted by molar-refractivity contribution is 5.77. The maximum atomic E-state index is 12.4. The molecular weight excluding hydrogens is 304 g/mol. The fourth-order valence-electron chi connectivity index (χ4n) is 3.38. The van der Waals surface area contributed by atoms with E-state index in [1.807, 2.05) is 18.0 Å². The van der Waals surface area contributed by atoms with E-state index in [9.17, 15) is 9.59 Å². The van der Waals surface area contributed by atoms with Crippen molar-refractivity contribution in [3.8, 4) is 0 Å². The van der Waals surface area contributed by atoms with Gasteiger partial charge in [-0.1, -0.05) is 24.3 Å². The van der Waals surface area contributed by atoms with E-state index >= 15 is 0 Å². The lowest BCUT2D eigenvalue weighted by Crippen LogP contribution is -2.40. The van der Waals surface area contributed by atoms with Crippen LogP contribution in [0.3, 0.4) is 0 Å². The zero-order valence-electron chi connectivity index (χ0n) is 14.3. The third kappa shape index (κ3) is 3.47. The fraction of sp³-hybridized carbons (Fsp3) is 0.556. The van der Waals surface area contributed by atoms with Crippen LogP contribution in [0.4, 0.5) is 0 Å². The Morgan fingerprint density at radius 3 is 2.71 bits per heavy atom. The lowest BCUT2D eigenvalue weighted by molar-refractivity contribution is -0.133. The molecule has 0 unspecified atom stereocenters. The van der Waals surface area contributed by atoms with Gasteiger partial charge in [-0.05, 0) is 43.7 Å². The Morgan fingerprint density at radius 2 is 1.96 bits per heavy atom. The summed E-state index contributed by atoms with van der Waals surface area (Å²) in [4.78, 5) is 26.7. The molecule has 1 fully saturated rings. The van der Waals surface area contributed by atoms with E-state index < -0.39 is 0 Å². The Bertz CT molecular complexity index is 778. The van der Waals surface area contributed by atoms with Crippen molar-refractivity contribution < 1.29 is 4.79 Å². The lowest BCUT2D eigenvalue weighted by Gasteiger charge is -2.33. The number of hydrogen-bond acceptors (Lipinski definition) is 4. The van der Waals surface area contributed by atoms with Crippen LogP contribution >= 0.6 is 0 Å². The zero-order chi connectivity index (χ0) is 17.1. The van der Waals surface area contributed by atoms with Crippen molar-refractivity contribution in [1.82, 2.24) is 19.9 Å². The van der Waals surface area contributed by atoms with Crippen LogP contribution in [-0.2, 0) is 11.3 Å². The molecule has 2 aromatic rings. The van der Waals surface area contributed by atoms with E-state index in [4.69, 9.17) is 0 Å². The largest absolute Gasteiger partial charge is 0.343 e. The van der Waals surface area contributed by atoms with Crippen LogP contribution in [0, 0.1) is 5.92 Å². The number of carbonyl (C=O) groups is 1. The average molecular weight is 328 g/mol. The molecule has 1 aromatic heterocycles.